The molecule has 1 saturated heterocycles. The Bertz CT molecular complexity index is 1050. The fourth-order valence-electron chi connectivity index (χ4n) is 4.13. The number of hydrogen-bond donors (Lipinski definition) is 1. The Morgan fingerprint density at radius 3 is 2.24 bits per heavy atom. The number of esters is 1. The van der Waals surface area contributed by atoms with E-state index in [1.165, 1.54) is 11.7 Å². The number of hydrogen-bond acceptors (Lipinski definition) is 7. The lowest BCUT2D eigenvalue weighted by molar-refractivity contribution is -0.156. The number of anilines is 1. The number of piperazine rings is 1. The monoisotopic (exact) mass is 458 g/mol. The van der Waals surface area contributed by atoms with Gasteiger partial charge in [0.2, 0.25) is 5.91 Å². The van der Waals surface area contributed by atoms with Crippen LogP contribution in [-0.4, -0.2) is 59.8 Å². The van der Waals surface area contributed by atoms with Gasteiger partial charge in [0.15, 0.2) is 0 Å². The van der Waals surface area contributed by atoms with Crippen molar-refractivity contribution in [1.82, 2.24) is 15.0 Å². The molecule has 0 saturated carbocycles. The van der Waals surface area contributed by atoms with Crippen molar-refractivity contribution in [3.8, 4) is 11.1 Å². The van der Waals surface area contributed by atoms with Gasteiger partial charge in [-0.15, -0.1) is 0 Å². The molecule has 0 spiro atoms. The molecule has 1 aliphatic rings. The third kappa shape index (κ3) is 6.47. The molecule has 9 heteroatoms. The van der Waals surface area contributed by atoms with Crippen molar-refractivity contribution in [3.63, 3.8) is 0 Å². The Balaban J connectivity index is 1.69. The molecular formula is C24H34N4O5. The third-order valence-electron chi connectivity index (χ3n) is 5.44. The Hall–Kier alpha value is -3.07. The first-order valence-corrected chi connectivity index (χ1v) is 11.2. The van der Waals surface area contributed by atoms with Crippen LogP contribution < -0.4 is 15.8 Å². The van der Waals surface area contributed by atoms with E-state index in [4.69, 9.17) is 9.26 Å². The van der Waals surface area contributed by atoms with E-state index in [2.05, 4.69) is 15.1 Å². The van der Waals surface area contributed by atoms with Crippen molar-refractivity contribution >= 4 is 17.6 Å². The summed E-state index contributed by atoms with van der Waals surface area (Å²) in [5.74, 6) is -0.396. The Labute approximate surface area is 194 Å². The van der Waals surface area contributed by atoms with E-state index < -0.39 is 11.2 Å². The molecule has 0 atom stereocenters. The lowest BCUT2D eigenvalue weighted by Crippen LogP contribution is -2.49. The van der Waals surface area contributed by atoms with Crippen LogP contribution in [0.25, 0.3) is 11.1 Å². The van der Waals surface area contributed by atoms with Gasteiger partial charge in [-0.2, -0.15) is 4.74 Å². The van der Waals surface area contributed by atoms with Crippen molar-refractivity contribution < 1.29 is 18.8 Å². The molecule has 0 aliphatic carbocycles. The van der Waals surface area contributed by atoms with Crippen LogP contribution in [0.3, 0.4) is 0 Å². The zero-order valence-corrected chi connectivity index (χ0v) is 20.4. The molecule has 33 heavy (non-hydrogen) atoms. The predicted octanol–water partition coefficient (Wildman–Crippen LogP) is 2.28. The average Bonchev–Trinajstić information content (AvgIpc) is 3.06. The van der Waals surface area contributed by atoms with Gasteiger partial charge in [-0.25, -0.2) is 4.79 Å². The Morgan fingerprint density at radius 1 is 1.09 bits per heavy atom. The summed E-state index contributed by atoms with van der Waals surface area (Å²) in [6.07, 6.45) is 1.61. The lowest BCUT2D eigenvalue weighted by atomic mass is 9.99. The summed E-state index contributed by atoms with van der Waals surface area (Å²) in [5.41, 5.74) is 3.62. The van der Waals surface area contributed by atoms with Crippen molar-refractivity contribution in [2.45, 2.75) is 53.8 Å². The number of aromatic nitrogens is 1. The average molecular weight is 459 g/mol. The lowest BCUT2D eigenvalue weighted by Gasteiger charge is -2.37. The van der Waals surface area contributed by atoms with E-state index in [9.17, 15) is 14.4 Å². The van der Waals surface area contributed by atoms with Crippen LogP contribution in [-0.2, 0) is 21.0 Å². The Morgan fingerprint density at radius 2 is 1.70 bits per heavy atom. The first-order valence-electron chi connectivity index (χ1n) is 11.2. The van der Waals surface area contributed by atoms with Gasteiger partial charge < -0.3 is 19.5 Å². The van der Waals surface area contributed by atoms with Crippen molar-refractivity contribution in [2.24, 2.45) is 0 Å². The van der Waals surface area contributed by atoms with Gasteiger partial charge in [-0.3, -0.25) is 14.5 Å². The summed E-state index contributed by atoms with van der Waals surface area (Å²) >= 11 is 0. The molecule has 1 amide bonds. The number of nitrogens with zero attached hydrogens (tertiary/aromatic N) is 3. The van der Waals surface area contributed by atoms with Gasteiger partial charge >= 0.3 is 11.6 Å². The van der Waals surface area contributed by atoms with Crippen LogP contribution in [0.1, 0.15) is 38.8 Å². The molecule has 3 rings (SSSR count). The zero-order chi connectivity index (χ0) is 24.3. The van der Waals surface area contributed by atoms with Crippen LogP contribution in [0, 0.1) is 13.8 Å². The van der Waals surface area contributed by atoms with Gasteiger partial charge in [0.05, 0.1) is 18.3 Å². The molecular weight excluding hydrogens is 424 g/mol. The number of aryl methyl sites for hydroxylation is 2. The highest BCUT2D eigenvalue weighted by Gasteiger charge is 2.24. The normalized spacial score (nSPS) is 14.9. The fourth-order valence-corrected chi connectivity index (χ4v) is 4.13. The summed E-state index contributed by atoms with van der Waals surface area (Å²) in [6.45, 7) is 14.7. The molecule has 1 aromatic heterocycles. The number of nitrogens with one attached hydrogen (secondary N) is 1. The topological polar surface area (TPSA) is 97.0 Å². The van der Waals surface area contributed by atoms with Gasteiger partial charge in [-0.1, -0.05) is 0 Å². The minimum Gasteiger partial charge on any atom is -0.459 e. The van der Waals surface area contributed by atoms with E-state index in [-0.39, 0.29) is 18.5 Å². The standard InChI is InChI=1S/C24H34N4O5/c1-16-11-19(20-13-28(33-23(20)31)15-25-18(3)29)12-17(2)22(16)27-9-7-26(8-10-27)14-21(30)32-24(4,5)6/h11-13H,7-10,14-15H2,1-6H3,(H,25,29). The third-order valence-corrected chi connectivity index (χ3v) is 5.44. The van der Waals surface area contributed by atoms with Gasteiger partial charge in [-0.05, 0) is 63.4 Å². The van der Waals surface area contributed by atoms with Crippen LogP contribution >= 0.6 is 0 Å². The Kier molecular flexibility index (Phi) is 7.31. The highest BCUT2D eigenvalue weighted by Crippen LogP contribution is 2.31. The molecule has 0 bridgehead atoms. The predicted molar refractivity (Wildman–Crippen MR) is 126 cm³/mol. The number of ether oxygens (including phenoxy) is 1. The summed E-state index contributed by atoms with van der Waals surface area (Å²) in [5, 5.41) is 2.61. The zero-order valence-electron chi connectivity index (χ0n) is 20.4. The van der Waals surface area contributed by atoms with E-state index in [1.54, 1.807) is 6.20 Å². The van der Waals surface area contributed by atoms with Gasteiger partial charge in [0.1, 0.15) is 12.3 Å². The van der Waals surface area contributed by atoms with Crippen molar-refractivity contribution in [2.75, 3.05) is 37.6 Å². The quantitative estimate of drug-likeness (QED) is 0.664. The molecule has 1 N–H and O–H groups in total. The second kappa shape index (κ2) is 9.82. The first-order chi connectivity index (χ1) is 15.4. The van der Waals surface area contributed by atoms with E-state index >= 15 is 0 Å². The first kappa shape index (κ1) is 24.6. The number of amides is 1. The van der Waals surface area contributed by atoms with Crippen molar-refractivity contribution in [1.29, 1.82) is 0 Å². The molecule has 0 unspecified atom stereocenters. The van der Waals surface area contributed by atoms with E-state index in [0.29, 0.717) is 12.1 Å². The maximum atomic E-state index is 12.4. The fraction of sp³-hybridized carbons (Fsp3) is 0.542. The van der Waals surface area contributed by atoms with Crippen LogP contribution in [0.5, 0.6) is 0 Å². The highest BCUT2D eigenvalue weighted by atomic mass is 16.6. The summed E-state index contributed by atoms with van der Waals surface area (Å²) in [7, 11) is 0. The molecule has 1 fully saturated rings. The summed E-state index contributed by atoms with van der Waals surface area (Å²) in [4.78, 5) is 40.0. The molecule has 0 radical (unpaired) electrons. The number of rotatable bonds is 6. The molecule has 2 aromatic rings. The highest BCUT2D eigenvalue weighted by molar-refractivity contribution is 5.73. The maximum absolute atomic E-state index is 12.4. The number of carbonyl (C=O) groups is 2. The second-order valence-electron chi connectivity index (χ2n) is 9.54. The molecule has 1 aromatic carbocycles. The van der Waals surface area contributed by atoms with E-state index in [0.717, 1.165) is 48.6 Å². The molecule has 9 nitrogen and oxygen atoms in total. The minimum absolute atomic E-state index is 0.105. The van der Waals surface area contributed by atoms with Crippen LogP contribution in [0.15, 0.2) is 27.6 Å². The number of benzene rings is 1. The van der Waals surface area contributed by atoms with E-state index in [1.807, 2.05) is 46.8 Å². The second-order valence-corrected chi connectivity index (χ2v) is 9.54. The molecule has 2 heterocycles. The van der Waals surface area contributed by atoms with Gasteiger partial charge in [0.25, 0.3) is 0 Å². The van der Waals surface area contributed by atoms with Gasteiger partial charge in [0, 0.05) is 38.8 Å². The molecule has 1 aliphatic heterocycles. The van der Waals surface area contributed by atoms with Crippen molar-refractivity contribution in [3.05, 3.63) is 39.9 Å². The SMILES string of the molecule is CC(=O)NCn1cc(-c2cc(C)c(N3CCN(CC(=O)OC(C)(C)C)CC3)c(C)c2)c(=O)o1. The van der Waals surface area contributed by atoms with Crippen LogP contribution in [0.4, 0.5) is 5.69 Å². The molecule has 180 valence electrons. The summed E-state index contributed by atoms with van der Waals surface area (Å²) in [6, 6.07) is 3.98. The maximum Gasteiger partial charge on any atom is 0.365 e. The largest absolute Gasteiger partial charge is 0.459 e. The summed E-state index contributed by atoms with van der Waals surface area (Å²) < 4.78 is 12.0. The minimum atomic E-state index is -0.475. The van der Waals surface area contributed by atoms with Crippen LogP contribution in [0.2, 0.25) is 0 Å². The smallest absolute Gasteiger partial charge is 0.365 e. The number of carbonyl (C=O) groups excluding carboxylic acids is 2.